The molecule has 1 heterocycles. The number of benzene rings is 1. The maximum Gasteiger partial charge on any atom is 0.413 e. The van der Waals surface area contributed by atoms with Crippen LogP contribution in [0.3, 0.4) is 0 Å². The molecular formula is C14H12F5N3O2. The first-order valence-electron chi connectivity index (χ1n) is 6.58. The number of hydrogen-bond donors (Lipinski definition) is 1. The van der Waals surface area contributed by atoms with E-state index in [2.05, 4.69) is 9.84 Å². The first-order valence-corrected chi connectivity index (χ1v) is 6.58. The molecule has 2 aromatic rings. The number of para-hydroxylation sites is 1. The lowest BCUT2D eigenvalue weighted by Crippen LogP contribution is -2.38. The van der Waals surface area contributed by atoms with Gasteiger partial charge in [0, 0.05) is 18.8 Å². The number of nitrogens with one attached hydrogen (secondary N) is 1. The van der Waals surface area contributed by atoms with E-state index in [0.717, 1.165) is 18.3 Å². The quantitative estimate of drug-likeness (QED) is 0.844. The van der Waals surface area contributed by atoms with Gasteiger partial charge in [0.05, 0.1) is 11.8 Å². The van der Waals surface area contributed by atoms with E-state index in [0.29, 0.717) is 0 Å². The zero-order chi connectivity index (χ0) is 17.9. The van der Waals surface area contributed by atoms with E-state index in [-0.39, 0.29) is 5.56 Å². The van der Waals surface area contributed by atoms with Crippen molar-refractivity contribution in [3.05, 3.63) is 47.8 Å². The number of aryl methyl sites for hydroxylation is 1. The maximum absolute atomic E-state index is 13.3. The molecule has 0 fully saturated rings. The Hall–Kier alpha value is -2.65. The summed E-state index contributed by atoms with van der Waals surface area (Å²) in [6, 6.07) is 1.89. The second-order valence-corrected chi connectivity index (χ2v) is 4.77. The highest BCUT2D eigenvalue weighted by molar-refractivity contribution is 5.94. The minimum absolute atomic E-state index is 0.0981. The molecule has 0 aliphatic heterocycles. The predicted octanol–water partition coefficient (Wildman–Crippen LogP) is 3.05. The molecule has 0 saturated carbocycles. The minimum atomic E-state index is -4.92. The molecule has 130 valence electrons. The van der Waals surface area contributed by atoms with Crippen molar-refractivity contribution in [2.75, 3.05) is 0 Å². The molecule has 2 rings (SSSR count). The van der Waals surface area contributed by atoms with E-state index < -0.39 is 36.0 Å². The summed E-state index contributed by atoms with van der Waals surface area (Å²) in [5.74, 6) is -1.71. The van der Waals surface area contributed by atoms with Crippen molar-refractivity contribution < 1.29 is 31.5 Å². The fraction of sp³-hybridized carbons (Fsp3) is 0.286. The number of ether oxygens (including phenoxy) is 1. The lowest BCUT2D eigenvalue weighted by molar-refractivity contribution is -0.156. The van der Waals surface area contributed by atoms with E-state index in [1.165, 1.54) is 30.1 Å². The smallest absolute Gasteiger partial charge is 0.413 e. The van der Waals surface area contributed by atoms with Gasteiger partial charge in [-0.15, -0.1) is 0 Å². The molecule has 1 amide bonds. The third-order valence-electron chi connectivity index (χ3n) is 3.02. The highest BCUT2D eigenvalue weighted by atomic mass is 19.4. The minimum Gasteiger partial charge on any atom is -0.434 e. The van der Waals surface area contributed by atoms with Gasteiger partial charge in [-0.1, -0.05) is 18.2 Å². The van der Waals surface area contributed by atoms with E-state index in [9.17, 15) is 26.7 Å². The summed E-state index contributed by atoms with van der Waals surface area (Å²) < 4.78 is 70.1. The van der Waals surface area contributed by atoms with Crippen molar-refractivity contribution >= 4 is 5.91 Å². The summed E-state index contributed by atoms with van der Waals surface area (Å²) in [7, 11) is 1.49. The highest BCUT2D eigenvalue weighted by Crippen LogP contribution is 2.37. The predicted molar refractivity (Wildman–Crippen MR) is 72.5 cm³/mol. The van der Waals surface area contributed by atoms with Gasteiger partial charge in [0.25, 0.3) is 5.91 Å². The lowest BCUT2D eigenvalue weighted by Gasteiger charge is -2.23. The molecule has 1 aromatic heterocycles. The molecule has 24 heavy (non-hydrogen) atoms. The van der Waals surface area contributed by atoms with Crippen molar-refractivity contribution in [3.8, 4) is 5.75 Å². The van der Waals surface area contributed by atoms with Gasteiger partial charge in [-0.3, -0.25) is 9.48 Å². The van der Waals surface area contributed by atoms with Crippen LogP contribution in [-0.4, -0.2) is 28.5 Å². The Morgan fingerprint density at radius 1 is 1.29 bits per heavy atom. The van der Waals surface area contributed by atoms with E-state index in [4.69, 9.17) is 0 Å². The average molecular weight is 349 g/mol. The Morgan fingerprint density at radius 2 is 1.96 bits per heavy atom. The highest BCUT2D eigenvalue weighted by Gasteiger charge is 2.43. The summed E-state index contributed by atoms with van der Waals surface area (Å²) in [5.41, 5.74) is -0.721. The van der Waals surface area contributed by atoms with Gasteiger partial charge in [0.1, 0.15) is 5.75 Å². The number of carbonyl (C=O) groups excluding carboxylic acids is 1. The molecule has 1 aromatic carbocycles. The van der Waals surface area contributed by atoms with Crippen molar-refractivity contribution in [2.45, 2.75) is 18.8 Å². The van der Waals surface area contributed by atoms with E-state index in [1.807, 2.05) is 0 Å². The summed E-state index contributed by atoms with van der Waals surface area (Å²) in [6.45, 7) is -3.30. The number of nitrogens with zero attached hydrogens (tertiary/aromatic N) is 2. The van der Waals surface area contributed by atoms with Crippen molar-refractivity contribution in [1.29, 1.82) is 0 Å². The molecule has 0 saturated heterocycles. The van der Waals surface area contributed by atoms with Crippen LogP contribution in [0.5, 0.6) is 5.75 Å². The van der Waals surface area contributed by atoms with Crippen LogP contribution in [-0.2, 0) is 7.05 Å². The van der Waals surface area contributed by atoms with E-state index in [1.54, 1.807) is 5.32 Å². The molecule has 10 heteroatoms. The van der Waals surface area contributed by atoms with Crippen LogP contribution >= 0.6 is 0 Å². The zero-order valence-electron chi connectivity index (χ0n) is 12.2. The summed E-state index contributed by atoms with van der Waals surface area (Å²) in [6.07, 6.45) is -2.60. The number of carbonyl (C=O) groups is 1. The molecule has 0 bridgehead atoms. The topological polar surface area (TPSA) is 56.2 Å². The van der Waals surface area contributed by atoms with Crippen LogP contribution in [0.2, 0.25) is 0 Å². The van der Waals surface area contributed by atoms with Crippen LogP contribution < -0.4 is 10.1 Å². The van der Waals surface area contributed by atoms with Crippen LogP contribution in [0, 0.1) is 0 Å². The van der Waals surface area contributed by atoms with Gasteiger partial charge >= 0.3 is 12.8 Å². The van der Waals surface area contributed by atoms with Gasteiger partial charge < -0.3 is 10.1 Å². The number of rotatable bonds is 5. The molecule has 1 unspecified atom stereocenters. The summed E-state index contributed by atoms with van der Waals surface area (Å²) >= 11 is 0. The first kappa shape index (κ1) is 17.7. The van der Waals surface area contributed by atoms with Crippen molar-refractivity contribution in [2.24, 2.45) is 7.05 Å². The fourth-order valence-electron chi connectivity index (χ4n) is 2.01. The van der Waals surface area contributed by atoms with Crippen LogP contribution in [0.1, 0.15) is 22.0 Å². The van der Waals surface area contributed by atoms with E-state index >= 15 is 0 Å². The Labute approximate surface area is 133 Å². The van der Waals surface area contributed by atoms with Gasteiger partial charge in [-0.2, -0.15) is 27.1 Å². The Morgan fingerprint density at radius 3 is 2.50 bits per heavy atom. The third kappa shape index (κ3) is 4.21. The molecule has 0 radical (unpaired) electrons. The monoisotopic (exact) mass is 349 g/mol. The number of hydrogen-bond acceptors (Lipinski definition) is 3. The second kappa shape index (κ2) is 6.85. The number of aromatic nitrogens is 2. The second-order valence-electron chi connectivity index (χ2n) is 4.77. The summed E-state index contributed by atoms with van der Waals surface area (Å²) in [4.78, 5) is 12.0. The SMILES string of the molecule is Cn1cc(C(=O)NC(c2ccccc2OC(F)F)C(F)(F)F)cn1. The van der Waals surface area contributed by atoms with Crippen LogP contribution in [0.4, 0.5) is 22.0 Å². The van der Waals surface area contributed by atoms with Gasteiger partial charge in [0.15, 0.2) is 6.04 Å². The number of alkyl halides is 5. The molecule has 5 nitrogen and oxygen atoms in total. The Kier molecular flexibility index (Phi) is 5.05. The molecule has 1 atom stereocenters. The molecule has 1 N–H and O–H groups in total. The van der Waals surface area contributed by atoms with Gasteiger partial charge in [0.2, 0.25) is 0 Å². The van der Waals surface area contributed by atoms with Crippen molar-refractivity contribution in [3.63, 3.8) is 0 Å². The molecular weight excluding hydrogens is 337 g/mol. The first-order chi connectivity index (χ1) is 11.2. The molecule has 0 aliphatic carbocycles. The standard InChI is InChI=1S/C14H12F5N3O2/c1-22-7-8(6-20-22)12(23)21-11(14(17,18)19)9-4-2-3-5-10(9)24-13(15)16/h2-7,11,13H,1H3,(H,21,23). The number of amides is 1. The van der Waals surface area contributed by atoms with Gasteiger partial charge in [-0.05, 0) is 6.07 Å². The normalized spacial score (nSPS) is 13.0. The number of halogens is 5. The average Bonchev–Trinajstić information content (AvgIpc) is 2.90. The maximum atomic E-state index is 13.3. The van der Waals surface area contributed by atoms with Gasteiger partial charge in [-0.25, -0.2) is 0 Å². The molecule has 0 aliphatic rings. The Balaban J connectivity index is 2.35. The lowest BCUT2D eigenvalue weighted by atomic mass is 10.0. The zero-order valence-corrected chi connectivity index (χ0v) is 12.2. The van der Waals surface area contributed by atoms with Crippen molar-refractivity contribution in [1.82, 2.24) is 15.1 Å². The molecule has 0 spiro atoms. The fourth-order valence-corrected chi connectivity index (χ4v) is 2.01. The van der Waals surface area contributed by atoms with Crippen LogP contribution in [0.15, 0.2) is 36.7 Å². The summed E-state index contributed by atoms with van der Waals surface area (Å²) in [5, 5.41) is 5.46. The van der Waals surface area contributed by atoms with Crippen LogP contribution in [0.25, 0.3) is 0 Å². The third-order valence-corrected chi connectivity index (χ3v) is 3.02. The largest absolute Gasteiger partial charge is 0.434 e. The Bertz CT molecular complexity index is 714.